The molecule has 6 nitrogen and oxygen atoms in total. The number of amides is 3. The van der Waals surface area contributed by atoms with Gasteiger partial charge in [-0.25, -0.2) is 0 Å². The smallest absolute Gasteiger partial charge is 0.251 e. The second kappa shape index (κ2) is 11.0. The third-order valence-corrected chi connectivity index (χ3v) is 5.63. The van der Waals surface area contributed by atoms with Gasteiger partial charge in [-0.05, 0) is 55.2 Å². The average molecular weight is 444 g/mol. The highest BCUT2D eigenvalue weighted by atomic mass is 35.5. The third kappa shape index (κ3) is 6.56. The fourth-order valence-electron chi connectivity index (χ4n) is 3.23. The van der Waals surface area contributed by atoms with Crippen LogP contribution in [0.15, 0.2) is 42.5 Å². The Morgan fingerprint density at radius 1 is 1.03 bits per heavy atom. The van der Waals surface area contributed by atoms with Gasteiger partial charge >= 0.3 is 0 Å². The third-order valence-electron chi connectivity index (χ3n) is 5.37. The van der Waals surface area contributed by atoms with Gasteiger partial charge in [-0.15, -0.1) is 0 Å². The monoisotopic (exact) mass is 443 g/mol. The normalized spacial score (nSPS) is 12.6. The predicted octanol–water partition coefficient (Wildman–Crippen LogP) is 4.20. The number of carbonyl (C=O) groups excluding carboxylic acids is 3. The summed E-state index contributed by atoms with van der Waals surface area (Å²) in [5.41, 5.74) is 3.08. The van der Waals surface area contributed by atoms with E-state index in [0.717, 1.165) is 16.8 Å². The summed E-state index contributed by atoms with van der Waals surface area (Å²) in [5.74, 6) is -1.06. The van der Waals surface area contributed by atoms with Crippen molar-refractivity contribution in [2.45, 2.75) is 40.2 Å². The van der Waals surface area contributed by atoms with Crippen LogP contribution in [0.1, 0.15) is 41.8 Å². The van der Waals surface area contributed by atoms with E-state index in [1.54, 1.807) is 31.3 Å². The highest BCUT2D eigenvalue weighted by molar-refractivity contribution is 6.30. The van der Waals surface area contributed by atoms with Crippen molar-refractivity contribution in [3.8, 4) is 0 Å². The molecule has 2 aromatic rings. The molecule has 2 rings (SSSR count). The molecule has 0 saturated carbocycles. The SMILES string of the molecule is CCC(C)C(NC(=O)c1ccc(Cl)cc1)C(=O)N(C)CC(=O)Nc1c(C)cccc1C. The Labute approximate surface area is 189 Å². The van der Waals surface area contributed by atoms with E-state index in [1.807, 2.05) is 45.9 Å². The molecule has 0 aliphatic carbocycles. The molecule has 0 spiro atoms. The van der Waals surface area contributed by atoms with Crippen molar-refractivity contribution in [2.24, 2.45) is 5.92 Å². The number of hydrogen-bond donors (Lipinski definition) is 2. The highest BCUT2D eigenvalue weighted by Crippen LogP contribution is 2.19. The topological polar surface area (TPSA) is 78.5 Å². The number of nitrogens with zero attached hydrogens (tertiary/aromatic N) is 1. The van der Waals surface area contributed by atoms with Crippen LogP contribution >= 0.6 is 11.6 Å². The Bertz CT molecular complexity index is 923. The van der Waals surface area contributed by atoms with E-state index < -0.39 is 6.04 Å². The maximum Gasteiger partial charge on any atom is 0.251 e. The number of benzene rings is 2. The molecular formula is C24H30ClN3O3. The molecule has 2 unspecified atom stereocenters. The molecule has 0 heterocycles. The largest absolute Gasteiger partial charge is 0.340 e. The molecule has 0 fully saturated rings. The zero-order chi connectivity index (χ0) is 23.1. The minimum atomic E-state index is -0.744. The molecular weight excluding hydrogens is 414 g/mol. The summed E-state index contributed by atoms with van der Waals surface area (Å²) in [6.07, 6.45) is 0.694. The van der Waals surface area contributed by atoms with Gasteiger partial charge < -0.3 is 15.5 Å². The van der Waals surface area contributed by atoms with Crippen molar-refractivity contribution in [1.82, 2.24) is 10.2 Å². The summed E-state index contributed by atoms with van der Waals surface area (Å²) in [4.78, 5) is 39.7. The van der Waals surface area contributed by atoms with E-state index in [0.29, 0.717) is 17.0 Å². The van der Waals surface area contributed by atoms with Crippen molar-refractivity contribution < 1.29 is 14.4 Å². The minimum Gasteiger partial charge on any atom is -0.340 e. The van der Waals surface area contributed by atoms with Gasteiger partial charge in [0, 0.05) is 23.3 Å². The Kier molecular flexibility index (Phi) is 8.63. The van der Waals surface area contributed by atoms with Crippen LogP contribution in [-0.2, 0) is 9.59 Å². The maximum atomic E-state index is 13.1. The van der Waals surface area contributed by atoms with Crippen molar-refractivity contribution >= 4 is 35.0 Å². The second-order valence-electron chi connectivity index (χ2n) is 7.85. The molecule has 31 heavy (non-hydrogen) atoms. The number of aryl methyl sites for hydroxylation is 2. The number of carbonyl (C=O) groups is 3. The lowest BCUT2D eigenvalue weighted by Crippen LogP contribution is -2.52. The number of para-hydroxylation sites is 1. The Morgan fingerprint density at radius 3 is 2.16 bits per heavy atom. The molecule has 2 atom stereocenters. The van der Waals surface area contributed by atoms with Crippen LogP contribution in [0, 0.1) is 19.8 Å². The lowest BCUT2D eigenvalue weighted by atomic mass is 9.97. The standard InChI is InChI=1S/C24H30ClN3O3/c1-6-15(2)22(27-23(30)18-10-12-19(25)13-11-18)24(31)28(5)14-20(29)26-21-16(3)8-7-9-17(21)4/h7-13,15,22H,6,14H2,1-5H3,(H,26,29)(H,27,30). The lowest BCUT2D eigenvalue weighted by molar-refractivity contribution is -0.136. The Balaban J connectivity index is 2.08. The van der Waals surface area contributed by atoms with E-state index in [-0.39, 0.29) is 30.2 Å². The molecule has 2 N–H and O–H groups in total. The van der Waals surface area contributed by atoms with Crippen molar-refractivity contribution in [3.63, 3.8) is 0 Å². The first kappa shape index (κ1) is 24.4. The van der Waals surface area contributed by atoms with Crippen LogP contribution < -0.4 is 10.6 Å². The zero-order valence-corrected chi connectivity index (χ0v) is 19.4. The minimum absolute atomic E-state index is 0.104. The Morgan fingerprint density at radius 2 is 1.61 bits per heavy atom. The molecule has 0 aliphatic heterocycles. The van der Waals surface area contributed by atoms with Crippen molar-refractivity contribution in [1.29, 1.82) is 0 Å². The molecule has 0 aromatic heterocycles. The number of anilines is 1. The summed E-state index contributed by atoms with van der Waals surface area (Å²) in [7, 11) is 1.57. The molecule has 0 bridgehead atoms. The van der Waals surface area contributed by atoms with Crippen LogP contribution in [0.4, 0.5) is 5.69 Å². The zero-order valence-electron chi connectivity index (χ0n) is 18.7. The van der Waals surface area contributed by atoms with Crippen LogP contribution in [0.5, 0.6) is 0 Å². The summed E-state index contributed by atoms with van der Waals surface area (Å²) in [6, 6.07) is 11.5. The van der Waals surface area contributed by atoms with E-state index >= 15 is 0 Å². The molecule has 3 amide bonds. The summed E-state index contributed by atoms with van der Waals surface area (Å²) in [6.45, 7) is 7.57. The van der Waals surface area contributed by atoms with E-state index in [9.17, 15) is 14.4 Å². The average Bonchev–Trinajstić information content (AvgIpc) is 2.74. The number of halogens is 1. The predicted molar refractivity (Wildman–Crippen MR) is 124 cm³/mol. The highest BCUT2D eigenvalue weighted by Gasteiger charge is 2.29. The van der Waals surface area contributed by atoms with Gasteiger partial charge in [0.15, 0.2) is 0 Å². The van der Waals surface area contributed by atoms with Crippen LogP contribution in [-0.4, -0.2) is 42.3 Å². The summed E-state index contributed by atoms with van der Waals surface area (Å²) >= 11 is 5.88. The van der Waals surface area contributed by atoms with Gasteiger partial charge in [0.2, 0.25) is 11.8 Å². The number of nitrogens with one attached hydrogen (secondary N) is 2. The van der Waals surface area contributed by atoms with Gasteiger partial charge in [-0.2, -0.15) is 0 Å². The Hall–Kier alpha value is -2.86. The molecule has 2 aromatic carbocycles. The maximum absolute atomic E-state index is 13.1. The number of rotatable bonds is 8. The van der Waals surface area contributed by atoms with Gasteiger partial charge in [-0.1, -0.05) is 50.1 Å². The van der Waals surface area contributed by atoms with E-state index in [1.165, 1.54) is 4.90 Å². The number of hydrogen-bond acceptors (Lipinski definition) is 3. The molecule has 7 heteroatoms. The first-order valence-corrected chi connectivity index (χ1v) is 10.7. The molecule has 0 aliphatic rings. The van der Waals surface area contributed by atoms with Gasteiger partial charge in [0.1, 0.15) is 6.04 Å². The van der Waals surface area contributed by atoms with Gasteiger partial charge in [-0.3, -0.25) is 14.4 Å². The van der Waals surface area contributed by atoms with Gasteiger partial charge in [0.05, 0.1) is 6.54 Å². The first-order valence-electron chi connectivity index (χ1n) is 10.3. The fourth-order valence-corrected chi connectivity index (χ4v) is 3.36. The van der Waals surface area contributed by atoms with Crippen molar-refractivity contribution in [3.05, 3.63) is 64.2 Å². The van der Waals surface area contributed by atoms with Crippen LogP contribution in [0.3, 0.4) is 0 Å². The fraction of sp³-hybridized carbons (Fsp3) is 0.375. The first-order chi connectivity index (χ1) is 14.6. The lowest BCUT2D eigenvalue weighted by Gasteiger charge is -2.28. The quantitative estimate of drug-likeness (QED) is 0.641. The van der Waals surface area contributed by atoms with Crippen molar-refractivity contribution in [2.75, 3.05) is 18.9 Å². The van der Waals surface area contributed by atoms with Gasteiger partial charge in [0.25, 0.3) is 5.91 Å². The van der Waals surface area contributed by atoms with Crippen LogP contribution in [0.25, 0.3) is 0 Å². The number of likely N-dealkylation sites (N-methyl/N-ethyl adjacent to an activating group) is 1. The van der Waals surface area contributed by atoms with E-state index in [2.05, 4.69) is 10.6 Å². The van der Waals surface area contributed by atoms with E-state index in [4.69, 9.17) is 11.6 Å². The molecule has 166 valence electrons. The summed E-state index contributed by atoms with van der Waals surface area (Å²) < 4.78 is 0. The molecule has 0 radical (unpaired) electrons. The second-order valence-corrected chi connectivity index (χ2v) is 8.29. The summed E-state index contributed by atoms with van der Waals surface area (Å²) in [5, 5.41) is 6.23. The van der Waals surface area contributed by atoms with Crippen LogP contribution in [0.2, 0.25) is 5.02 Å². The molecule has 0 saturated heterocycles.